The number of hydrogen-bond acceptors (Lipinski definition) is 3. The van der Waals surface area contributed by atoms with E-state index < -0.39 is 0 Å². The number of hydrogen-bond donors (Lipinski definition) is 2. The topological polar surface area (TPSA) is 47.3 Å². The summed E-state index contributed by atoms with van der Waals surface area (Å²) in [6.07, 6.45) is 4.06. The number of halogens is 2. The van der Waals surface area contributed by atoms with Crippen LogP contribution in [0.5, 0.6) is 0 Å². The second-order valence-electron chi connectivity index (χ2n) is 3.86. The highest BCUT2D eigenvalue weighted by Gasteiger charge is 2.21. The highest BCUT2D eigenvalue weighted by atomic mass is 35.5. The second kappa shape index (κ2) is 5.74. The summed E-state index contributed by atoms with van der Waals surface area (Å²) in [7, 11) is 0. The lowest BCUT2D eigenvalue weighted by molar-refractivity contribution is 0.168. The maximum atomic E-state index is 6.15. The van der Waals surface area contributed by atoms with Gasteiger partial charge in [0.15, 0.2) is 0 Å². The smallest absolute Gasteiger partial charge is 0.115 e. The summed E-state index contributed by atoms with van der Waals surface area (Å²) >= 11 is 12.1. The monoisotopic (exact) mass is 272 g/mol. The summed E-state index contributed by atoms with van der Waals surface area (Å²) < 4.78 is 5.60. The first-order valence-corrected chi connectivity index (χ1v) is 6.22. The van der Waals surface area contributed by atoms with Crippen molar-refractivity contribution in [3.8, 4) is 0 Å². The van der Waals surface area contributed by atoms with E-state index in [-0.39, 0.29) is 6.04 Å². The second-order valence-corrected chi connectivity index (χ2v) is 4.71. The Morgan fingerprint density at radius 1 is 1.35 bits per heavy atom. The van der Waals surface area contributed by atoms with Gasteiger partial charge in [0.25, 0.3) is 0 Å². The molecule has 1 aliphatic rings. The molecule has 2 rings (SSSR count). The van der Waals surface area contributed by atoms with E-state index in [2.05, 4.69) is 5.43 Å². The molecule has 1 aliphatic heterocycles. The maximum absolute atomic E-state index is 6.15. The van der Waals surface area contributed by atoms with E-state index in [1.165, 1.54) is 0 Å². The van der Waals surface area contributed by atoms with Crippen LogP contribution in [0.15, 0.2) is 30.0 Å². The van der Waals surface area contributed by atoms with Gasteiger partial charge in [0.1, 0.15) is 11.8 Å². The molecule has 0 saturated carbocycles. The zero-order valence-corrected chi connectivity index (χ0v) is 10.8. The van der Waals surface area contributed by atoms with E-state index in [0.29, 0.717) is 16.7 Å². The van der Waals surface area contributed by atoms with Gasteiger partial charge in [0.05, 0.1) is 6.61 Å². The van der Waals surface area contributed by atoms with Crippen molar-refractivity contribution < 1.29 is 4.74 Å². The van der Waals surface area contributed by atoms with Gasteiger partial charge in [0, 0.05) is 10.0 Å². The molecule has 0 aromatic heterocycles. The minimum Gasteiger partial charge on any atom is -0.496 e. The third-order valence-electron chi connectivity index (χ3n) is 2.68. The molecule has 1 heterocycles. The normalized spacial score (nSPS) is 17.2. The van der Waals surface area contributed by atoms with Crippen LogP contribution in [0.3, 0.4) is 0 Å². The van der Waals surface area contributed by atoms with Crippen molar-refractivity contribution in [2.75, 3.05) is 6.61 Å². The summed E-state index contributed by atoms with van der Waals surface area (Å²) in [5, 5.41) is 1.24. The Kier molecular flexibility index (Phi) is 4.29. The molecular formula is C12H14Cl2N2O. The molecule has 5 heteroatoms. The van der Waals surface area contributed by atoms with Gasteiger partial charge in [-0.1, -0.05) is 23.2 Å². The molecule has 0 fully saturated rings. The largest absolute Gasteiger partial charge is 0.496 e. The van der Waals surface area contributed by atoms with Gasteiger partial charge in [-0.05, 0) is 42.7 Å². The third kappa shape index (κ3) is 2.93. The fourth-order valence-electron chi connectivity index (χ4n) is 1.84. The lowest BCUT2D eigenvalue weighted by atomic mass is 10.0. The van der Waals surface area contributed by atoms with Crippen LogP contribution in [0.4, 0.5) is 0 Å². The van der Waals surface area contributed by atoms with Crippen molar-refractivity contribution >= 4 is 23.2 Å². The van der Waals surface area contributed by atoms with E-state index in [0.717, 1.165) is 24.2 Å². The van der Waals surface area contributed by atoms with E-state index >= 15 is 0 Å². The first kappa shape index (κ1) is 12.7. The molecule has 1 atom stereocenters. The average Bonchev–Trinajstić information content (AvgIpc) is 2.36. The van der Waals surface area contributed by atoms with Gasteiger partial charge in [-0.25, -0.2) is 5.43 Å². The maximum Gasteiger partial charge on any atom is 0.115 e. The predicted octanol–water partition coefficient (Wildman–Crippen LogP) is 3.19. The van der Waals surface area contributed by atoms with E-state index in [9.17, 15) is 0 Å². The van der Waals surface area contributed by atoms with Gasteiger partial charge in [-0.2, -0.15) is 0 Å². The van der Waals surface area contributed by atoms with Gasteiger partial charge >= 0.3 is 0 Å². The summed E-state index contributed by atoms with van der Waals surface area (Å²) in [6.45, 7) is 0.711. The molecule has 0 radical (unpaired) electrons. The Hall–Kier alpha value is -0.740. The van der Waals surface area contributed by atoms with Gasteiger partial charge in [-0.3, -0.25) is 5.84 Å². The van der Waals surface area contributed by atoms with E-state index in [4.69, 9.17) is 33.8 Å². The van der Waals surface area contributed by atoms with Crippen LogP contribution in [0, 0.1) is 0 Å². The fraction of sp³-hybridized carbons (Fsp3) is 0.333. The standard InChI is InChI=1S/C12H14Cl2N2O/c13-8-4-5-10(14)9(7-8)12(16-15)11-3-1-2-6-17-11/h3-5,7,12,16H,1-2,6,15H2. The molecule has 0 spiro atoms. The molecule has 1 unspecified atom stereocenters. The van der Waals surface area contributed by atoms with Crippen LogP contribution < -0.4 is 11.3 Å². The van der Waals surface area contributed by atoms with Crippen LogP contribution in [0.1, 0.15) is 24.4 Å². The molecule has 1 aromatic carbocycles. The van der Waals surface area contributed by atoms with Crippen molar-refractivity contribution in [2.24, 2.45) is 5.84 Å². The molecule has 1 aromatic rings. The summed E-state index contributed by atoms with van der Waals surface area (Å²) in [5.41, 5.74) is 3.55. The Labute approximate surface area is 111 Å². The first-order valence-electron chi connectivity index (χ1n) is 5.46. The molecular weight excluding hydrogens is 259 g/mol. The number of benzene rings is 1. The van der Waals surface area contributed by atoms with Crippen molar-refractivity contribution in [3.05, 3.63) is 45.6 Å². The molecule has 0 saturated heterocycles. The number of nitrogens with two attached hydrogens (primary N) is 1. The first-order chi connectivity index (χ1) is 8.22. The SMILES string of the molecule is NNC(C1=CCCCO1)c1cc(Cl)ccc1Cl. The summed E-state index contributed by atoms with van der Waals surface area (Å²) in [6, 6.07) is 5.05. The molecule has 3 N–H and O–H groups in total. The Balaban J connectivity index is 2.34. The summed E-state index contributed by atoms with van der Waals surface area (Å²) in [5.74, 6) is 6.39. The molecule has 0 bridgehead atoms. The van der Waals surface area contributed by atoms with Gasteiger partial charge < -0.3 is 4.74 Å². The molecule has 3 nitrogen and oxygen atoms in total. The quantitative estimate of drug-likeness (QED) is 0.656. The molecule has 0 amide bonds. The number of hydrazine groups is 1. The van der Waals surface area contributed by atoms with Crippen molar-refractivity contribution in [3.63, 3.8) is 0 Å². The van der Waals surface area contributed by atoms with Gasteiger partial charge in [0.2, 0.25) is 0 Å². The number of allylic oxidation sites excluding steroid dienone is 1. The molecule has 17 heavy (non-hydrogen) atoms. The third-order valence-corrected chi connectivity index (χ3v) is 3.26. The average molecular weight is 273 g/mol. The van der Waals surface area contributed by atoms with Crippen LogP contribution >= 0.6 is 23.2 Å². The Morgan fingerprint density at radius 2 is 2.18 bits per heavy atom. The van der Waals surface area contributed by atoms with Crippen molar-refractivity contribution in [1.82, 2.24) is 5.43 Å². The summed E-state index contributed by atoms with van der Waals surface area (Å²) in [4.78, 5) is 0. The van der Waals surface area contributed by atoms with Crippen LogP contribution in [-0.4, -0.2) is 6.61 Å². The fourth-order valence-corrected chi connectivity index (χ4v) is 2.25. The minimum atomic E-state index is -0.249. The van der Waals surface area contributed by atoms with Crippen molar-refractivity contribution in [1.29, 1.82) is 0 Å². The lowest BCUT2D eigenvalue weighted by Crippen LogP contribution is -2.31. The highest BCUT2D eigenvalue weighted by Crippen LogP contribution is 2.32. The van der Waals surface area contributed by atoms with Crippen LogP contribution in [0.25, 0.3) is 0 Å². The van der Waals surface area contributed by atoms with E-state index in [1.807, 2.05) is 6.08 Å². The van der Waals surface area contributed by atoms with Crippen molar-refractivity contribution in [2.45, 2.75) is 18.9 Å². The van der Waals surface area contributed by atoms with Crippen LogP contribution in [-0.2, 0) is 4.74 Å². The lowest BCUT2D eigenvalue weighted by Gasteiger charge is -2.24. The predicted molar refractivity (Wildman–Crippen MR) is 69.8 cm³/mol. The number of ether oxygens (including phenoxy) is 1. The van der Waals surface area contributed by atoms with Crippen LogP contribution in [0.2, 0.25) is 10.0 Å². The van der Waals surface area contributed by atoms with Gasteiger partial charge in [-0.15, -0.1) is 0 Å². The molecule has 0 aliphatic carbocycles. The number of rotatable bonds is 3. The minimum absolute atomic E-state index is 0.249. The molecule has 92 valence electrons. The number of nitrogens with one attached hydrogen (secondary N) is 1. The Morgan fingerprint density at radius 3 is 2.82 bits per heavy atom. The Bertz CT molecular complexity index is 435. The zero-order valence-electron chi connectivity index (χ0n) is 9.25. The zero-order chi connectivity index (χ0) is 12.3. The highest BCUT2D eigenvalue weighted by molar-refractivity contribution is 6.33. The van der Waals surface area contributed by atoms with E-state index in [1.54, 1.807) is 18.2 Å².